The van der Waals surface area contributed by atoms with Gasteiger partial charge in [-0.05, 0) is 26.8 Å². The van der Waals surface area contributed by atoms with Gasteiger partial charge in [0.2, 0.25) is 0 Å². The summed E-state index contributed by atoms with van der Waals surface area (Å²) in [7, 11) is 1.27. The molecule has 0 radical (unpaired) electrons. The molecule has 1 aromatic carbocycles. The summed E-state index contributed by atoms with van der Waals surface area (Å²) in [6, 6.07) is 2.02. The van der Waals surface area contributed by atoms with Gasteiger partial charge in [0.05, 0.1) is 12.7 Å². The molecule has 0 spiro atoms. The second-order valence-electron chi connectivity index (χ2n) is 6.03. The van der Waals surface area contributed by atoms with Crippen molar-refractivity contribution < 1.29 is 13.5 Å². The lowest BCUT2D eigenvalue weighted by Gasteiger charge is -2.24. The molecule has 142 valence electrons. The maximum atomic E-state index is 14.8. The van der Waals surface area contributed by atoms with Gasteiger partial charge in [0.1, 0.15) is 23.1 Å². The number of aromatic nitrogens is 4. The standard InChI is InChI=1S/C18H18ClF2N5O/c1-5-25(8-10(2)3)17-15(16(19)24-18-22-9-23-26(17)18)11-6-13(21)14(27-4)7-12(11)20/h6-9H,5H2,1-4H3. The molecule has 0 N–H and O–H groups in total. The molecule has 0 aliphatic heterocycles. The number of halogens is 3. The second kappa shape index (κ2) is 7.48. The molecule has 0 aliphatic rings. The molecule has 6 nitrogen and oxygen atoms in total. The van der Waals surface area contributed by atoms with E-state index in [1.807, 2.05) is 31.9 Å². The molecule has 0 saturated carbocycles. The minimum Gasteiger partial charge on any atom is -0.494 e. The van der Waals surface area contributed by atoms with Crippen LogP contribution in [0.15, 0.2) is 30.2 Å². The van der Waals surface area contributed by atoms with E-state index in [4.69, 9.17) is 16.3 Å². The molecule has 0 aliphatic carbocycles. The number of hydrogen-bond donors (Lipinski definition) is 0. The van der Waals surface area contributed by atoms with Gasteiger partial charge in [-0.2, -0.15) is 19.6 Å². The van der Waals surface area contributed by atoms with Gasteiger partial charge in [-0.1, -0.05) is 17.2 Å². The van der Waals surface area contributed by atoms with Crippen LogP contribution in [0.5, 0.6) is 5.75 Å². The number of hydrogen-bond acceptors (Lipinski definition) is 5. The highest BCUT2D eigenvalue weighted by molar-refractivity contribution is 6.33. The number of ether oxygens (including phenoxy) is 1. The summed E-state index contributed by atoms with van der Waals surface area (Å²) in [6.07, 6.45) is 3.20. The van der Waals surface area contributed by atoms with Crippen LogP contribution in [-0.4, -0.2) is 33.2 Å². The Morgan fingerprint density at radius 1 is 1.30 bits per heavy atom. The largest absolute Gasteiger partial charge is 0.494 e. The van der Waals surface area contributed by atoms with E-state index < -0.39 is 11.6 Å². The summed E-state index contributed by atoms with van der Waals surface area (Å²) in [5, 5.41) is 4.18. The normalized spacial score (nSPS) is 10.9. The van der Waals surface area contributed by atoms with Crippen molar-refractivity contribution in [3.05, 3.63) is 47.0 Å². The van der Waals surface area contributed by atoms with E-state index in [2.05, 4.69) is 15.1 Å². The Morgan fingerprint density at radius 3 is 2.67 bits per heavy atom. The zero-order valence-corrected chi connectivity index (χ0v) is 16.1. The van der Waals surface area contributed by atoms with Crippen molar-refractivity contribution in [1.29, 1.82) is 0 Å². The van der Waals surface area contributed by atoms with Crippen LogP contribution in [0.2, 0.25) is 5.15 Å². The lowest BCUT2D eigenvalue weighted by atomic mass is 10.1. The molecule has 2 aromatic heterocycles. The van der Waals surface area contributed by atoms with Gasteiger partial charge in [0.15, 0.2) is 11.6 Å². The number of methoxy groups -OCH3 is 1. The topological polar surface area (TPSA) is 55.5 Å². The van der Waals surface area contributed by atoms with Gasteiger partial charge in [0, 0.05) is 24.4 Å². The molecule has 0 amide bonds. The summed E-state index contributed by atoms with van der Waals surface area (Å²) >= 11 is 6.38. The monoisotopic (exact) mass is 393 g/mol. The highest BCUT2D eigenvalue weighted by Gasteiger charge is 2.24. The van der Waals surface area contributed by atoms with Crippen LogP contribution in [0.1, 0.15) is 20.8 Å². The van der Waals surface area contributed by atoms with Gasteiger partial charge in [-0.3, -0.25) is 0 Å². The quantitative estimate of drug-likeness (QED) is 0.598. The van der Waals surface area contributed by atoms with Crippen molar-refractivity contribution in [2.24, 2.45) is 0 Å². The lowest BCUT2D eigenvalue weighted by Crippen LogP contribution is -2.21. The minimum absolute atomic E-state index is 0.00503. The molecule has 0 bridgehead atoms. The SMILES string of the molecule is CCN(C=C(C)C)c1c(-c2cc(F)c(OC)cc2F)c(Cl)nc2ncnn12. The molecule has 0 unspecified atom stereocenters. The zero-order valence-electron chi connectivity index (χ0n) is 15.3. The van der Waals surface area contributed by atoms with Crippen molar-refractivity contribution >= 4 is 23.2 Å². The van der Waals surface area contributed by atoms with Crippen LogP contribution in [-0.2, 0) is 0 Å². The fraction of sp³-hybridized carbons (Fsp3) is 0.278. The van der Waals surface area contributed by atoms with E-state index in [1.165, 1.54) is 18.0 Å². The van der Waals surface area contributed by atoms with Crippen LogP contribution in [0.3, 0.4) is 0 Å². The highest BCUT2D eigenvalue weighted by atomic mass is 35.5. The van der Waals surface area contributed by atoms with E-state index in [9.17, 15) is 8.78 Å². The molecule has 2 heterocycles. The average molecular weight is 394 g/mol. The van der Waals surface area contributed by atoms with E-state index in [0.29, 0.717) is 12.4 Å². The van der Waals surface area contributed by atoms with Crippen molar-refractivity contribution in [3.8, 4) is 16.9 Å². The third kappa shape index (κ3) is 3.44. The van der Waals surface area contributed by atoms with Crippen molar-refractivity contribution in [2.45, 2.75) is 20.8 Å². The minimum atomic E-state index is -0.708. The first-order valence-electron chi connectivity index (χ1n) is 8.21. The van der Waals surface area contributed by atoms with Crippen molar-refractivity contribution in [3.63, 3.8) is 0 Å². The van der Waals surface area contributed by atoms with Gasteiger partial charge in [-0.25, -0.2) is 8.78 Å². The van der Waals surface area contributed by atoms with E-state index in [0.717, 1.165) is 17.7 Å². The summed E-state index contributed by atoms with van der Waals surface area (Å²) < 4.78 is 35.4. The fourth-order valence-electron chi connectivity index (χ4n) is 2.79. The second-order valence-corrected chi connectivity index (χ2v) is 6.39. The maximum Gasteiger partial charge on any atom is 0.255 e. The summed E-state index contributed by atoms with van der Waals surface area (Å²) in [5.74, 6) is -0.894. The van der Waals surface area contributed by atoms with Gasteiger partial charge < -0.3 is 9.64 Å². The summed E-state index contributed by atoms with van der Waals surface area (Å²) in [6.45, 7) is 6.31. The Labute approximate surface area is 160 Å². The highest BCUT2D eigenvalue weighted by Crippen LogP contribution is 2.39. The summed E-state index contributed by atoms with van der Waals surface area (Å²) in [5.41, 5.74) is 1.18. The molecule has 0 fully saturated rings. The van der Waals surface area contributed by atoms with Gasteiger partial charge in [-0.15, -0.1) is 0 Å². The van der Waals surface area contributed by atoms with Crippen LogP contribution < -0.4 is 9.64 Å². The van der Waals surface area contributed by atoms with E-state index in [1.54, 1.807) is 0 Å². The Kier molecular flexibility index (Phi) is 5.27. The average Bonchev–Trinajstić information content (AvgIpc) is 3.08. The first-order valence-corrected chi connectivity index (χ1v) is 8.59. The molecule has 27 heavy (non-hydrogen) atoms. The predicted molar refractivity (Wildman–Crippen MR) is 100 cm³/mol. The molecule has 0 saturated heterocycles. The van der Waals surface area contributed by atoms with E-state index >= 15 is 0 Å². The first kappa shape index (κ1) is 19.0. The number of anilines is 1. The fourth-order valence-corrected chi connectivity index (χ4v) is 3.05. The number of rotatable bonds is 5. The molecule has 0 atom stereocenters. The Morgan fingerprint density at radius 2 is 2.04 bits per heavy atom. The number of fused-ring (bicyclic) bond motifs is 1. The first-order chi connectivity index (χ1) is 12.9. The molecular formula is C18H18ClF2N5O. The smallest absolute Gasteiger partial charge is 0.255 e. The summed E-state index contributed by atoms with van der Waals surface area (Å²) in [4.78, 5) is 10.1. The number of nitrogens with zero attached hydrogens (tertiary/aromatic N) is 5. The Hall–Kier alpha value is -2.74. The van der Waals surface area contributed by atoms with Crippen LogP contribution >= 0.6 is 11.6 Å². The zero-order chi connectivity index (χ0) is 19.7. The molecule has 9 heteroatoms. The number of allylic oxidation sites excluding steroid dienone is 1. The van der Waals surface area contributed by atoms with Crippen LogP contribution in [0.25, 0.3) is 16.9 Å². The third-order valence-corrected chi connectivity index (χ3v) is 4.17. The van der Waals surface area contributed by atoms with Crippen LogP contribution in [0, 0.1) is 11.6 Å². The van der Waals surface area contributed by atoms with Crippen molar-refractivity contribution in [2.75, 3.05) is 18.6 Å². The Balaban J connectivity index is 2.39. The van der Waals surface area contributed by atoms with Crippen LogP contribution in [0.4, 0.5) is 14.6 Å². The maximum absolute atomic E-state index is 14.8. The van der Waals surface area contributed by atoms with Gasteiger partial charge >= 0.3 is 0 Å². The Bertz CT molecular complexity index is 1030. The molecular weight excluding hydrogens is 376 g/mol. The molecule has 3 rings (SSSR count). The van der Waals surface area contributed by atoms with E-state index in [-0.39, 0.29) is 27.8 Å². The van der Waals surface area contributed by atoms with Gasteiger partial charge in [0.25, 0.3) is 5.78 Å². The number of benzene rings is 1. The molecule has 3 aromatic rings. The lowest BCUT2D eigenvalue weighted by molar-refractivity contribution is 0.383. The van der Waals surface area contributed by atoms with Crippen molar-refractivity contribution in [1.82, 2.24) is 19.6 Å². The third-order valence-electron chi connectivity index (χ3n) is 3.90. The predicted octanol–water partition coefficient (Wildman–Crippen LogP) is 4.48.